The van der Waals surface area contributed by atoms with Crippen molar-refractivity contribution in [2.75, 3.05) is 14.2 Å². The summed E-state index contributed by atoms with van der Waals surface area (Å²) in [7, 11) is 3.03. The van der Waals surface area contributed by atoms with Crippen molar-refractivity contribution in [3.05, 3.63) is 59.2 Å². The Bertz CT molecular complexity index is 728. The SMILES string of the molecule is COc1ccc(C(=O)NCc2cccc(C(N)=O)c2)c(OC)c1. The zero-order valence-corrected chi connectivity index (χ0v) is 13.0. The lowest BCUT2D eigenvalue weighted by Gasteiger charge is -2.11. The van der Waals surface area contributed by atoms with Crippen LogP contribution in [0.5, 0.6) is 11.5 Å². The third kappa shape index (κ3) is 4.00. The summed E-state index contributed by atoms with van der Waals surface area (Å²) in [5, 5.41) is 2.78. The lowest BCUT2D eigenvalue weighted by Crippen LogP contribution is -2.23. The van der Waals surface area contributed by atoms with E-state index in [0.717, 1.165) is 5.56 Å². The number of methoxy groups -OCH3 is 2. The number of rotatable bonds is 6. The number of hydrogen-bond donors (Lipinski definition) is 2. The van der Waals surface area contributed by atoms with Gasteiger partial charge in [0.05, 0.1) is 19.8 Å². The highest BCUT2D eigenvalue weighted by molar-refractivity contribution is 5.97. The maximum atomic E-state index is 12.3. The molecule has 0 saturated carbocycles. The second-order valence-corrected chi connectivity index (χ2v) is 4.81. The van der Waals surface area contributed by atoms with E-state index in [4.69, 9.17) is 15.2 Å². The molecule has 0 aliphatic rings. The Kier molecular flexibility index (Phi) is 5.19. The van der Waals surface area contributed by atoms with Crippen molar-refractivity contribution in [1.82, 2.24) is 5.32 Å². The minimum absolute atomic E-state index is 0.273. The number of hydrogen-bond acceptors (Lipinski definition) is 4. The Labute approximate surface area is 134 Å². The molecule has 0 spiro atoms. The first-order chi connectivity index (χ1) is 11.0. The van der Waals surface area contributed by atoms with Gasteiger partial charge in [-0.15, -0.1) is 0 Å². The smallest absolute Gasteiger partial charge is 0.255 e. The molecule has 0 radical (unpaired) electrons. The number of benzene rings is 2. The number of primary amides is 1. The van der Waals surface area contributed by atoms with Gasteiger partial charge in [-0.1, -0.05) is 12.1 Å². The molecule has 2 aromatic rings. The third-order valence-corrected chi connectivity index (χ3v) is 3.32. The summed E-state index contributed by atoms with van der Waals surface area (Å²) >= 11 is 0. The second kappa shape index (κ2) is 7.31. The van der Waals surface area contributed by atoms with Gasteiger partial charge in [0.2, 0.25) is 5.91 Å². The van der Waals surface area contributed by atoms with Crippen LogP contribution in [0.1, 0.15) is 26.3 Å². The van der Waals surface area contributed by atoms with Crippen molar-refractivity contribution in [2.24, 2.45) is 5.73 Å². The van der Waals surface area contributed by atoms with Crippen molar-refractivity contribution in [3.8, 4) is 11.5 Å². The fraction of sp³-hybridized carbons (Fsp3) is 0.176. The van der Waals surface area contributed by atoms with E-state index in [0.29, 0.717) is 22.6 Å². The van der Waals surface area contributed by atoms with Crippen molar-refractivity contribution in [2.45, 2.75) is 6.54 Å². The first-order valence-electron chi connectivity index (χ1n) is 6.94. The van der Waals surface area contributed by atoms with E-state index < -0.39 is 5.91 Å². The van der Waals surface area contributed by atoms with Crippen LogP contribution in [0.4, 0.5) is 0 Å². The van der Waals surface area contributed by atoms with Gasteiger partial charge in [0.25, 0.3) is 5.91 Å². The average molecular weight is 314 g/mol. The summed E-state index contributed by atoms with van der Waals surface area (Å²) in [5.74, 6) is 0.240. The molecule has 3 N–H and O–H groups in total. The molecule has 2 amide bonds. The normalized spacial score (nSPS) is 10.0. The topological polar surface area (TPSA) is 90.6 Å². The number of carbonyl (C=O) groups is 2. The van der Waals surface area contributed by atoms with Gasteiger partial charge in [0, 0.05) is 18.2 Å². The van der Waals surface area contributed by atoms with E-state index in [1.807, 2.05) is 0 Å². The fourth-order valence-corrected chi connectivity index (χ4v) is 2.10. The van der Waals surface area contributed by atoms with Gasteiger partial charge in [0.15, 0.2) is 0 Å². The molecule has 6 heteroatoms. The van der Waals surface area contributed by atoms with Gasteiger partial charge < -0.3 is 20.5 Å². The van der Waals surface area contributed by atoms with Crippen LogP contribution in [-0.4, -0.2) is 26.0 Å². The molecule has 0 atom stereocenters. The molecule has 0 bridgehead atoms. The number of nitrogens with two attached hydrogens (primary N) is 1. The number of nitrogens with one attached hydrogen (secondary N) is 1. The third-order valence-electron chi connectivity index (χ3n) is 3.32. The van der Waals surface area contributed by atoms with Gasteiger partial charge in [-0.25, -0.2) is 0 Å². The minimum atomic E-state index is -0.505. The van der Waals surface area contributed by atoms with Crippen LogP contribution in [0, 0.1) is 0 Å². The highest BCUT2D eigenvalue weighted by Gasteiger charge is 2.13. The minimum Gasteiger partial charge on any atom is -0.497 e. The molecule has 0 aromatic heterocycles. The molecule has 0 aliphatic heterocycles. The Morgan fingerprint density at radius 1 is 1.09 bits per heavy atom. The van der Waals surface area contributed by atoms with Gasteiger partial charge >= 0.3 is 0 Å². The van der Waals surface area contributed by atoms with Crippen LogP contribution in [0.25, 0.3) is 0 Å². The zero-order chi connectivity index (χ0) is 16.8. The van der Waals surface area contributed by atoms with Crippen LogP contribution >= 0.6 is 0 Å². The van der Waals surface area contributed by atoms with Crippen molar-refractivity contribution in [1.29, 1.82) is 0 Å². The molecule has 2 rings (SSSR count). The summed E-state index contributed by atoms with van der Waals surface area (Å²) in [5.41, 5.74) is 6.82. The lowest BCUT2D eigenvalue weighted by molar-refractivity contribution is 0.0947. The van der Waals surface area contributed by atoms with E-state index in [9.17, 15) is 9.59 Å². The van der Waals surface area contributed by atoms with E-state index in [2.05, 4.69) is 5.32 Å². The predicted octanol–water partition coefficient (Wildman–Crippen LogP) is 1.73. The Morgan fingerprint density at radius 3 is 2.52 bits per heavy atom. The molecule has 0 saturated heterocycles. The molecule has 120 valence electrons. The quantitative estimate of drug-likeness (QED) is 0.849. The molecule has 23 heavy (non-hydrogen) atoms. The average Bonchev–Trinajstić information content (AvgIpc) is 2.59. The summed E-state index contributed by atoms with van der Waals surface area (Å²) in [6, 6.07) is 11.8. The highest BCUT2D eigenvalue weighted by Crippen LogP contribution is 2.24. The molecule has 6 nitrogen and oxygen atoms in total. The lowest BCUT2D eigenvalue weighted by atomic mass is 10.1. The van der Waals surface area contributed by atoms with Crippen molar-refractivity contribution < 1.29 is 19.1 Å². The van der Waals surface area contributed by atoms with E-state index in [1.165, 1.54) is 7.11 Å². The van der Waals surface area contributed by atoms with Crippen molar-refractivity contribution in [3.63, 3.8) is 0 Å². The monoisotopic (exact) mass is 314 g/mol. The fourth-order valence-electron chi connectivity index (χ4n) is 2.10. The van der Waals surface area contributed by atoms with Crippen LogP contribution in [0.3, 0.4) is 0 Å². The van der Waals surface area contributed by atoms with Gasteiger partial charge in [-0.2, -0.15) is 0 Å². The van der Waals surface area contributed by atoms with Crippen LogP contribution in [0.2, 0.25) is 0 Å². The number of ether oxygens (including phenoxy) is 2. The summed E-state index contributed by atoms with van der Waals surface area (Å²) in [6.07, 6.45) is 0. The highest BCUT2D eigenvalue weighted by atomic mass is 16.5. The molecule has 0 aliphatic carbocycles. The van der Waals surface area contributed by atoms with Gasteiger partial charge in [0.1, 0.15) is 11.5 Å². The predicted molar refractivity (Wildman–Crippen MR) is 85.7 cm³/mol. The van der Waals surface area contributed by atoms with Crippen LogP contribution < -0.4 is 20.5 Å². The van der Waals surface area contributed by atoms with Crippen molar-refractivity contribution >= 4 is 11.8 Å². The molecule has 2 aromatic carbocycles. The molecular formula is C17H18N2O4. The number of carbonyl (C=O) groups excluding carboxylic acids is 2. The van der Waals surface area contributed by atoms with E-state index in [1.54, 1.807) is 49.6 Å². The first kappa shape index (κ1) is 16.4. The van der Waals surface area contributed by atoms with Crippen LogP contribution in [0.15, 0.2) is 42.5 Å². The standard InChI is InChI=1S/C17H18N2O4/c1-22-13-6-7-14(15(9-13)23-2)17(21)19-10-11-4-3-5-12(8-11)16(18)20/h3-9H,10H2,1-2H3,(H2,18,20)(H,19,21). The Morgan fingerprint density at radius 2 is 1.87 bits per heavy atom. The molecule has 0 fully saturated rings. The summed E-state index contributed by atoms with van der Waals surface area (Å²) in [6.45, 7) is 0.273. The van der Waals surface area contributed by atoms with E-state index in [-0.39, 0.29) is 12.5 Å². The molecular weight excluding hydrogens is 296 g/mol. The molecule has 0 unspecified atom stereocenters. The summed E-state index contributed by atoms with van der Waals surface area (Å²) in [4.78, 5) is 23.5. The first-order valence-corrected chi connectivity index (χ1v) is 6.94. The second-order valence-electron chi connectivity index (χ2n) is 4.81. The maximum Gasteiger partial charge on any atom is 0.255 e. The maximum absolute atomic E-state index is 12.3. The zero-order valence-electron chi connectivity index (χ0n) is 13.0. The largest absolute Gasteiger partial charge is 0.497 e. The van der Waals surface area contributed by atoms with E-state index >= 15 is 0 Å². The number of amides is 2. The Hall–Kier alpha value is -3.02. The van der Waals surface area contributed by atoms with Gasteiger partial charge in [-0.05, 0) is 29.8 Å². The van der Waals surface area contributed by atoms with Gasteiger partial charge in [-0.3, -0.25) is 9.59 Å². The summed E-state index contributed by atoms with van der Waals surface area (Å²) < 4.78 is 10.3. The molecule has 0 heterocycles. The Balaban J connectivity index is 2.11. The van der Waals surface area contributed by atoms with Crippen LogP contribution in [-0.2, 0) is 6.54 Å².